The van der Waals surface area contributed by atoms with Gasteiger partial charge >= 0.3 is 6.03 Å². The van der Waals surface area contributed by atoms with Crippen LogP contribution in [0.3, 0.4) is 0 Å². The number of hydrogen-bond donors (Lipinski definition) is 3. The number of carbonyl (C=O) groups is 1. The third-order valence-corrected chi connectivity index (χ3v) is 2.61. The molecule has 0 bridgehead atoms. The average Bonchev–Trinajstić information content (AvgIpc) is 2.31. The Balaban J connectivity index is 2.66. The topological polar surface area (TPSA) is 95.1 Å². The summed E-state index contributed by atoms with van der Waals surface area (Å²) in [6.07, 6.45) is 2.07. The fourth-order valence-electron chi connectivity index (χ4n) is 1.40. The number of urea groups is 1. The van der Waals surface area contributed by atoms with Crippen LogP contribution in [0.15, 0.2) is 18.3 Å². The molecule has 0 aliphatic rings. The predicted molar refractivity (Wildman–Crippen MR) is 70.6 cm³/mol. The van der Waals surface area contributed by atoms with Gasteiger partial charge in [0.2, 0.25) is 0 Å². The molecule has 0 saturated heterocycles. The Kier molecular flexibility index (Phi) is 5.38. The Bertz CT molecular complexity index is 437. The van der Waals surface area contributed by atoms with Crippen LogP contribution in [0.4, 0.5) is 4.79 Å². The van der Waals surface area contributed by atoms with Crippen molar-refractivity contribution < 1.29 is 4.79 Å². The minimum Gasteiger partial charge on any atom is -0.370 e. The lowest BCUT2D eigenvalue weighted by Gasteiger charge is -2.20. The van der Waals surface area contributed by atoms with E-state index in [1.165, 1.54) is 0 Å². The first-order valence-corrected chi connectivity index (χ1v) is 5.92. The average molecular weight is 270 g/mol. The molecule has 4 N–H and O–H groups in total. The lowest BCUT2D eigenvalue weighted by atomic mass is 10.2. The van der Waals surface area contributed by atoms with Gasteiger partial charge in [-0.25, -0.2) is 4.79 Å². The van der Waals surface area contributed by atoms with E-state index in [2.05, 4.69) is 10.3 Å². The molecule has 2 amide bonds. The van der Waals surface area contributed by atoms with Gasteiger partial charge in [0.1, 0.15) is 0 Å². The van der Waals surface area contributed by atoms with Crippen LogP contribution in [0.1, 0.15) is 12.6 Å². The van der Waals surface area contributed by atoms with E-state index in [1.807, 2.05) is 0 Å². The van der Waals surface area contributed by atoms with Crippen LogP contribution in [-0.4, -0.2) is 35.0 Å². The van der Waals surface area contributed by atoms with E-state index < -0.39 is 6.03 Å². The molecule has 1 aromatic heterocycles. The Morgan fingerprint density at radius 2 is 2.39 bits per heavy atom. The van der Waals surface area contributed by atoms with Gasteiger partial charge in [-0.2, -0.15) is 0 Å². The molecule has 18 heavy (non-hydrogen) atoms. The third-order valence-electron chi connectivity index (χ3n) is 2.27. The van der Waals surface area contributed by atoms with Crippen LogP contribution in [0, 0.1) is 5.41 Å². The summed E-state index contributed by atoms with van der Waals surface area (Å²) < 4.78 is 0. The Labute approximate surface area is 111 Å². The van der Waals surface area contributed by atoms with E-state index in [0.717, 1.165) is 4.90 Å². The summed E-state index contributed by atoms with van der Waals surface area (Å²) in [6, 6.07) is 3.07. The molecule has 0 saturated carbocycles. The monoisotopic (exact) mass is 269 g/mol. The molecule has 0 fully saturated rings. The molecule has 6 nitrogen and oxygen atoms in total. The van der Waals surface area contributed by atoms with E-state index in [9.17, 15) is 4.79 Å². The van der Waals surface area contributed by atoms with Crippen molar-refractivity contribution in [2.24, 2.45) is 5.73 Å². The first-order valence-electron chi connectivity index (χ1n) is 5.55. The van der Waals surface area contributed by atoms with Crippen molar-refractivity contribution in [1.82, 2.24) is 15.2 Å². The number of amides is 2. The zero-order valence-corrected chi connectivity index (χ0v) is 10.9. The molecular formula is C11H16ClN5O. The molecule has 7 heteroatoms. The number of guanidine groups is 1. The molecule has 0 unspecified atom stereocenters. The minimum absolute atomic E-state index is 0.262. The van der Waals surface area contributed by atoms with Crippen molar-refractivity contribution in [1.29, 1.82) is 5.41 Å². The van der Waals surface area contributed by atoms with Crippen molar-refractivity contribution in [2.45, 2.75) is 13.3 Å². The van der Waals surface area contributed by atoms with Gasteiger partial charge in [0.05, 0.1) is 10.7 Å². The first kappa shape index (κ1) is 14.2. The van der Waals surface area contributed by atoms with E-state index in [4.69, 9.17) is 22.7 Å². The van der Waals surface area contributed by atoms with Crippen molar-refractivity contribution >= 4 is 23.6 Å². The Hall–Kier alpha value is -1.82. The Morgan fingerprint density at radius 1 is 1.67 bits per heavy atom. The zero-order chi connectivity index (χ0) is 13.5. The van der Waals surface area contributed by atoms with Gasteiger partial charge in [0.25, 0.3) is 0 Å². The maximum Gasteiger partial charge on any atom is 0.324 e. The second-order valence-electron chi connectivity index (χ2n) is 3.55. The number of nitrogens with zero attached hydrogens (tertiary/aromatic N) is 2. The number of hydrogen-bond acceptors (Lipinski definition) is 3. The van der Waals surface area contributed by atoms with Gasteiger partial charge in [-0.15, -0.1) is 0 Å². The molecule has 1 heterocycles. The van der Waals surface area contributed by atoms with Gasteiger partial charge in [-0.05, 0) is 19.1 Å². The summed E-state index contributed by atoms with van der Waals surface area (Å²) in [5.74, 6) is -0.298. The second-order valence-corrected chi connectivity index (χ2v) is 3.96. The second kappa shape index (κ2) is 6.80. The molecule has 0 spiro atoms. The number of nitrogens with one attached hydrogen (secondary N) is 2. The standard InChI is InChI=1S/C11H16ClN5O/c1-2-15-11(18)17(10(13)14)7-5-9-8(12)4-3-6-16-9/h3-4,6H,2,5,7H2,1H3,(H3,13,14)(H,15,18). The van der Waals surface area contributed by atoms with Crippen LogP contribution in [-0.2, 0) is 6.42 Å². The van der Waals surface area contributed by atoms with Gasteiger partial charge in [0.15, 0.2) is 5.96 Å². The molecule has 0 aliphatic carbocycles. The summed E-state index contributed by atoms with van der Waals surface area (Å²) >= 11 is 5.96. The van der Waals surface area contributed by atoms with Crippen molar-refractivity contribution in [2.75, 3.05) is 13.1 Å². The van der Waals surface area contributed by atoms with Crippen LogP contribution in [0.25, 0.3) is 0 Å². The van der Waals surface area contributed by atoms with Crippen molar-refractivity contribution in [3.8, 4) is 0 Å². The quantitative estimate of drug-likeness (QED) is 0.566. The number of nitrogens with two attached hydrogens (primary N) is 1. The first-order chi connectivity index (χ1) is 8.56. The van der Waals surface area contributed by atoms with Crippen LogP contribution >= 0.6 is 11.6 Å². The number of rotatable bonds is 4. The van der Waals surface area contributed by atoms with E-state index in [0.29, 0.717) is 23.7 Å². The highest BCUT2D eigenvalue weighted by molar-refractivity contribution is 6.31. The van der Waals surface area contributed by atoms with Gasteiger partial charge in [-0.3, -0.25) is 15.3 Å². The lowest BCUT2D eigenvalue weighted by Crippen LogP contribution is -2.47. The van der Waals surface area contributed by atoms with Crippen molar-refractivity contribution in [3.05, 3.63) is 29.0 Å². The fraction of sp³-hybridized carbons (Fsp3) is 0.364. The normalized spacial score (nSPS) is 9.89. The largest absolute Gasteiger partial charge is 0.370 e. The predicted octanol–water partition coefficient (Wildman–Crippen LogP) is 1.20. The summed E-state index contributed by atoms with van der Waals surface area (Å²) in [5.41, 5.74) is 6.04. The summed E-state index contributed by atoms with van der Waals surface area (Å²) in [6.45, 7) is 2.54. The van der Waals surface area contributed by atoms with E-state index in [-0.39, 0.29) is 12.5 Å². The highest BCUT2D eigenvalue weighted by atomic mass is 35.5. The number of pyridine rings is 1. The van der Waals surface area contributed by atoms with Crippen LogP contribution in [0.2, 0.25) is 5.02 Å². The lowest BCUT2D eigenvalue weighted by molar-refractivity contribution is 0.221. The van der Waals surface area contributed by atoms with Gasteiger partial charge < -0.3 is 11.1 Å². The maximum absolute atomic E-state index is 11.6. The van der Waals surface area contributed by atoms with Crippen molar-refractivity contribution in [3.63, 3.8) is 0 Å². The third kappa shape index (κ3) is 3.89. The molecule has 1 aromatic rings. The molecule has 0 radical (unpaired) electrons. The molecule has 0 aromatic carbocycles. The molecule has 1 rings (SSSR count). The number of aromatic nitrogens is 1. The molecular weight excluding hydrogens is 254 g/mol. The highest BCUT2D eigenvalue weighted by Crippen LogP contribution is 2.12. The van der Waals surface area contributed by atoms with Gasteiger partial charge in [0, 0.05) is 25.7 Å². The molecule has 0 aliphatic heterocycles. The molecule has 98 valence electrons. The number of carbonyl (C=O) groups excluding carboxylic acids is 1. The minimum atomic E-state index is -0.392. The van der Waals surface area contributed by atoms with Gasteiger partial charge in [-0.1, -0.05) is 11.6 Å². The SMILES string of the molecule is CCNC(=O)N(CCc1ncccc1Cl)C(=N)N. The van der Waals surface area contributed by atoms with E-state index >= 15 is 0 Å². The highest BCUT2D eigenvalue weighted by Gasteiger charge is 2.16. The van der Waals surface area contributed by atoms with E-state index in [1.54, 1.807) is 25.3 Å². The number of halogens is 1. The van der Waals surface area contributed by atoms with Crippen LogP contribution in [0.5, 0.6) is 0 Å². The summed E-state index contributed by atoms with van der Waals surface area (Å²) in [7, 11) is 0. The fourth-order valence-corrected chi connectivity index (χ4v) is 1.61. The summed E-state index contributed by atoms with van der Waals surface area (Å²) in [4.78, 5) is 16.9. The molecule has 0 atom stereocenters. The zero-order valence-electron chi connectivity index (χ0n) is 10.1. The Morgan fingerprint density at radius 3 is 2.94 bits per heavy atom. The van der Waals surface area contributed by atoms with Crippen LogP contribution < -0.4 is 11.1 Å². The smallest absolute Gasteiger partial charge is 0.324 e. The maximum atomic E-state index is 11.6. The summed E-state index contributed by atoms with van der Waals surface area (Å²) in [5, 5.41) is 10.5.